The van der Waals surface area contributed by atoms with Gasteiger partial charge in [-0.15, -0.1) is 0 Å². The summed E-state index contributed by atoms with van der Waals surface area (Å²) in [5, 5.41) is 19.4. The summed E-state index contributed by atoms with van der Waals surface area (Å²) in [6, 6.07) is 13.9. The number of phenols is 2. The van der Waals surface area contributed by atoms with Gasteiger partial charge < -0.3 is 10.2 Å². The Morgan fingerprint density at radius 3 is 1.52 bits per heavy atom. The molecule has 0 fully saturated rings. The third-order valence-electron chi connectivity index (χ3n) is 2.90. The van der Waals surface area contributed by atoms with Crippen LogP contribution in [0.1, 0.15) is 20.3 Å². The van der Waals surface area contributed by atoms with Crippen LogP contribution in [0.25, 0.3) is 0 Å². The molecule has 2 aromatic rings. The maximum absolute atomic E-state index is 9.69. The molecule has 0 amide bonds. The first-order chi connectivity index (χ1) is 10.1. The van der Waals surface area contributed by atoms with Crippen LogP contribution in [-0.4, -0.2) is 21.6 Å². The van der Waals surface area contributed by atoms with E-state index in [4.69, 9.17) is 0 Å². The molecule has 2 aromatic carbocycles. The molecule has 0 bridgehead atoms. The van der Waals surface area contributed by atoms with Crippen LogP contribution in [0.4, 0.5) is 11.4 Å². The van der Waals surface area contributed by atoms with E-state index in [0.717, 1.165) is 11.4 Å². The topological polar surface area (TPSA) is 65.2 Å². The molecule has 2 N–H and O–H groups in total. The normalized spacial score (nSPS) is 12.5. The highest BCUT2D eigenvalue weighted by Gasteiger charge is 2.02. The van der Waals surface area contributed by atoms with Gasteiger partial charge in [0.05, 0.1) is 0 Å². The lowest BCUT2D eigenvalue weighted by atomic mass is 10.2. The van der Waals surface area contributed by atoms with Crippen LogP contribution in [-0.2, 0) is 0 Å². The van der Waals surface area contributed by atoms with Gasteiger partial charge >= 0.3 is 0 Å². The van der Waals surface area contributed by atoms with Crippen LogP contribution >= 0.6 is 0 Å². The molecule has 4 heteroatoms. The smallest absolute Gasteiger partial charge is 0.141 e. The van der Waals surface area contributed by atoms with Gasteiger partial charge in [-0.05, 0) is 38.1 Å². The summed E-state index contributed by atoms with van der Waals surface area (Å²) in [5.41, 5.74) is 2.78. The van der Waals surface area contributed by atoms with Gasteiger partial charge in [0.15, 0.2) is 0 Å². The van der Waals surface area contributed by atoms with Crippen LogP contribution < -0.4 is 0 Å². The highest BCUT2D eigenvalue weighted by Crippen LogP contribution is 2.27. The van der Waals surface area contributed by atoms with Crippen LogP contribution in [0.3, 0.4) is 0 Å². The number of para-hydroxylation sites is 4. The monoisotopic (exact) mass is 282 g/mol. The minimum Gasteiger partial charge on any atom is -0.506 e. The third kappa shape index (κ3) is 4.18. The Bertz CT molecular complexity index is 631. The van der Waals surface area contributed by atoms with Crippen molar-refractivity contribution in [2.45, 2.75) is 20.3 Å². The summed E-state index contributed by atoms with van der Waals surface area (Å²) < 4.78 is 0. The predicted octanol–water partition coefficient (Wildman–Crippen LogP) is 4.37. The van der Waals surface area contributed by atoms with Gasteiger partial charge in [0.1, 0.15) is 22.9 Å². The van der Waals surface area contributed by atoms with E-state index in [1.54, 1.807) is 36.4 Å². The standard InChI is InChI=1S/C17H18N2O2/c1-12(18-14-7-3-5-9-16(14)20)11-13(2)19-15-8-4-6-10-17(15)21/h3-10,20-21H,11H2,1-2H3. The van der Waals surface area contributed by atoms with E-state index in [-0.39, 0.29) is 11.5 Å². The van der Waals surface area contributed by atoms with E-state index in [1.807, 2.05) is 26.0 Å². The molecule has 0 saturated heterocycles. The lowest BCUT2D eigenvalue weighted by molar-refractivity contribution is 0.476. The largest absolute Gasteiger partial charge is 0.506 e. The second kappa shape index (κ2) is 6.70. The molecular formula is C17H18N2O2. The van der Waals surface area contributed by atoms with Crippen molar-refractivity contribution in [2.75, 3.05) is 0 Å². The number of nitrogens with zero attached hydrogens (tertiary/aromatic N) is 2. The molecule has 108 valence electrons. The van der Waals surface area contributed by atoms with Crippen molar-refractivity contribution in [3.8, 4) is 11.5 Å². The van der Waals surface area contributed by atoms with E-state index in [9.17, 15) is 10.2 Å². The van der Waals surface area contributed by atoms with E-state index in [0.29, 0.717) is 17.8 Å². The Balaban J connectivity index is 2.14. The van der Waals surface area contributed by atoms with Gasteiger partial charge in [0.2, 0.25) is 0 Å². The van der Waals surface area contributed by atoms with Crippen LogP contribution in [0.15, 0.2) is 58.5 Å². The average Bonchev–Trinajstić information content (AvgIpc) is 2.44. The fourth-order valence-electron chi connectivity index (χ4n) is 1.98. The maximum Gasteiger partial charge on any atom is 0.141 e. The number of hydrogen-bond donors (Lipinski definition) is 2. The molecule has 0 heterocycles. The average molecular weight is 282 g/mol. The van der Waals surface area contributed by atoms with Crippen LogP contribution in [0.5, 0.6) is 11.5 Å². The third-order valence-corrected chi connectivity index (χ3v) is 2.90. The molecule has 0 radical (unpaired) electrons. The molecule has 0 aliphatic rings. The lowest BCUT2D eigenvalue weighted by Gasteiger charge is -2.04. The van der Waals surface area contributed by atoms with Crippen molar-refractivity contribution >= 4 is 22.8 Å². The summed E-state index contributed by atoms with van der Waals surface area (Å²) in [4.78, 5) is 8.77. The number of benzene rings is 2. The Hall–Kier alpha value is -2.62. The molecule has 0 unspecified atom stereocenters. The van der Waals surface area contributed by atoms with Gasteiger partial charge in [-0.25, -0.2) is 0 Å². The van der Waals surface area contributed by atoms with Crippen molar-refractivity contribution in [3.63, 3.8) is 0 Å². The van der Waals surface area contributed by atoms with E-state index in [2.05, 4.69) is 9.98 Å². The second-order valence-electron chi connectivity index (χ2n) is 4.85. The number of phenolic OH excluding ortho intramolecular Hbond substituents is 2. The van der Waals surface area contributed by atoms with Gasteiger partial charge in [-0.1, -0.05) is 24.3 Å². The highest BCUT2D eigenvalue weighted by molar-refractivity contribution is 6.04. The molecule has 0 aliphatic carbocycles. The number of hydrogen-bond acceptors (Lipinski definition) is 4. The quantitative estimate of drug-likeness (QED) is 0.818. The van der Waals surface area contributed by atoms with Crippen molar-refractivity contribution in [3.05, 3.63) is 48.5 Å². The molecule has 21 heavy (non-hydrogen) atoms. The Morgan fingerprint density at radius 1 is 0.762 bits per heavy atom. The molecule has 0 atom stereocenters. The van der Waals surface area contributed by atoms with Gasteiger partial charge in [-0.2, -0.15) is 0 Å². The van der Waals surface area contributed by atoms with Crippen molar-refractivity contribution in [1.82, 2.24) is 0 Å². The number of aromatic hydroxyl groups is 2. The van der Waals surface area contributed by atoms with Crippen molar-refractivity contribution in [2.24, 2.45) is 9.98 Å². The summed E-state index contributed by atoms with van der Waals surface area (Å²) in [6.07, 6.45) is 0.572. The summed E-state index contributed by atoms with van der Waals surface area (Å²) >= 11 is 0. The first kappa shape index (κ1) is 14.8. The number of rotatable bonds is 4. The molecule has 2 rings (SSSR count). The zero-order valence-electron chi connectivity index (χ0n) is 12.1. The summed E-state index contributed by atoms with van der Waals surface area (Å²) in [5.74, 6) is 0.319. The van der Waals surface area contributed by atoms with Crippen LogP contribution in [0.2, 0.25) is 0 Å². The Kier molecular flexibility index (Phi) is 4.72. The molecule has 0 spiro atoms. The summed E-state index contributed by atoms with van der Waals surface area (Å²) in [7, 11) is 0. The second-order valence-corrected chi connectivity index (χ2v) is 4.85. The lowest BCUT2D eigenvalue weighted by Crippen LogP contribution is -2.00. The highest BCUT2D eigenvalue weighted by atomic mass is 16.3. The molecule has 0 saturated carbocycles. The Morgan fingerprint density at radius 2 is 1.14 bits per heavy atom. The van der Waals surface area contributed by atoms with Gasteiger partial charge in [0.25, 0.3) is 0 Å². The predicted molar refractivity (Wildman–Crippen MR) is 86.4 cm³/mol. The van der Waals surface area contributed by atoms with E-state index < -0.39 is 0 Å². The summed E-state index contributed by atoms with van der Waals surface area (Å²) in [6.45, 7) is 3.77. The zero-order chi connectivity index (χ0) is 15.2. The SMILES string of the molecule is CC(CC(C)=Nc1ccccc1O)=Nc1ccccc1O. The molecule has 0 aromatic heterocycles. The van der Waals surface area contributed by atoms with E-state index in [1.165, 1.54) is 0 Å². The minimum absolute atomic E-state index is 0.159. The maximum atomic E-state index is 9.69. The van der Waals surface area contributed by atoms with Crippen molar-refractivity contribution < 1.29 is 10.2 Å². The van der Waals surface area contributed by atoms with E-state index >= 15 is 0 Å². The Labute approximate surface area is 124 Å². The van der Waals surface area contributed by atoms with Crippen molar-refractivity contribution in [1.29, 1.82) is 0 Å². The minimum atomic E-state index is 0.159. The fourth-order valence-corrected chi connectivity index (χ4v) is 1.98. The fraction of sp³-hybridized carbons (Fsp3) is 0.176. The number of aliphatic imine (C=N–C) groups is 2. The van der Waals surface area contributed by atoms with Gasteiger partial charge in [0, 0.05) is 17.8 Å². The zero-order valence-corrected chi connectivity index (χ0v) is 12.1. The molecule has 4 nitrogen and oxygen atoms in total. The molecule has 0 aliphatic heterocycles. The first-order valence-electron chi connectivity index (χ1n) is 6.70. The van der Waals surface area contributed by atoms with Gasteiger partial charge in [-0.3, -0.25) is 9.98 Å². The van der Waals surface area contributed by atoms with Crippen LogP contribution in [0, 0.1) is 0 Å². The molecular weight excluding hydrogens is 264 g/mol. The first-order valence-corrected chi connectivity index (χ1v) is 6.70.